The van der Waals surface area contributed by atoms with Crippen LogP contribution in [0.5, 0.6) is 0 Å². The van der Waals surface area contributed by atoms with Crippen LogP contribution >= 0.6 is 11.3 Å². The lowest BCUT2D eigenvalue weighted by Crippen LogP contribution is -2.52. The summed E-state index contributed by atoms with van der Waals surface area (Å²) in [6.07, 6.45) is -10.8. The molecule has 0 bridgehead atoms. The summed E-state index contributed by atoms with van der Waals surface area (Å²) in [6, 6.07) is 0.386. The maximum Gasteiger partial charge on any atom is 0.407 e. The van der Waals surface area contributed by atoms with Gasteiger partial charge in [0.25, 0.3) is 11.8 Å². The highest BCUT2D eigenvalue weighted by atomic mass is 32.1. The molecule has 2 aromatic rings. The Kier molecular flexibility index (Phi) is 8.12. The van der Waals surface area contributed by atoms with Gasteiger partial charge in [0.1, 0.15) is 5.69 Å². The molecule has 0 radical (unpaired) electrons. The van der Waals surface area contributed by atoms with E-state index in [4.69, 9.17) is 0 Å². The highest BCUT2D eigenvalue weighted by Crippen LogP contribution is 2.53. The second kappa shape index (κ2) is 10.3. The van der Waals surface area contributed by atoms with Crippen molar-refractivity contribution in [1.29, 1.82) is 0 Å². The summed E-state index contributed by atoms with van der Waals surface area (Å²) in [4.78, 5) is 30.8. The zero-order valence-corrected chi connectivity index (χ0v) is 22.0. The number of rotatable bonds is 6. The second-order valence-electron chi connectivity index (χ2n) is 10.1. The smallest absolute Gasteiger partial charge is 0.389 e. The van der Waals surface area contributed by atoms with Crippen molar-refractivity contribution in [3.8, 4) is 10.4 Å². The Morgan fingerprint density at radius 1 is 1.08 bits per heavy atom. The molecule has 1 aliphatic heterocycles. The van der Waals surface area contributed by atoms with E-state index in [2.05, 4.69) is 10.3 Å². The van der Waals surface area contributed by atoms with Gasteiger partial charge in [-0.15, -0.1) is 11.3 Å². The maximum absolute atomic E-state index is 15.3. The lowest BCUT2D eigenvalue weighted by atomic mass is 9.80. The van der Waals surface area contributed by atoms with Crippen molar-refractivity contribution >= 4 is 23.2 Å². The topological polar surface area (TPSA) is 82.5 Å². The van der Waals surface area contributed by atoms with Crippen LogP contribution in [-0.2, 0) is 5.41 Å². The van der Waals surface area contributed by atoms with Crippen molar-refractivity contribution < 1.29 is 49.8 Å². The highest BCUT2D eigenvalue weighted by molar-refractivity contribution is 7.17. The van der Waals surface area contributed by atoms with Gasteiger partial charge < -0.3 is 15.3 Å². The lowest BCUT2D eigenvalue weighted by Gasteiger charge is -2.34. The van der Waals surface area contributed by atoms with Crippen LogP contribution in [0, 0.1) is 11.6 Å². The van der Waals surface area contributed by atoms with Crippen LogP contribution in [0.2, 0.25) is 0 Å². The lowest BCUT2D eigenvalue weighted by molar-refractivity contribution is -0.298. The van der Waals surface area contributed by atoms with Gasteiger partial charge in [0, 0.05) is 30.3 Å². The minimum absolute atomic E-state index is 0.162. The number of nitrogens with zero attached hydrogens (tertiary/aromatic N) is 2. The third-order valence-electron chi connectivity index (χ3n) is 6.52. The largest absolute Gasteiger partial charge is 0.407 e. The maximum atomic E-state index is 15.3. The van der Waals surface area contributed by atoms with Crippen LogP contribution in [0.3, 0.4) is 0 Å². The van der Waals surface area contributed by atoms with Gasteiger partial charge in [-0.1, -0.05) is 12.1 Å². The summed E-state index contributed by atoms with van der Waals surface area (Å²) in [7, 11) is 0. The monoisotopic (exact) mass is 587 g/mol. The van der Waals surface area contributed by atoms with E-state index >= 15 is 8.78 Å². The molecule has 1 aliphatic rings. The van der Waals surface area contributed by atoms with E-state index in [9.17, 15) is 41.0 Å². The number of aliphatic hydroxyl groups is 1. The second-order valence-corrected chi connectivity index (χ2v) is 11.1. The fraction of sp³-hybridized carbons (Fsp3) is 0.542. The number of carbonyl (C=O) groups excluding carboxylic acids is 2. The molecule has 0 unspecified atom stereocenters. The highest BCUT2D eigenvalue weighted by Gasteiger charge is 2.69. The average Bonchev–Trinajstić information content (AvgIpc) is 3.43. The van der Waals surface area contributed by atoms with Gasteiger partial charge in [-0.2, -0.15) is 26.3 Å². The molecule has 1 atom stereocenters. The van der Waals surface area contributed by atoms with Gasteiger partial charge in [0.15, 0.2) is 22.1 Å². The van der Waals surface area contributed by atoms with Crippen LogP contribution in [0.1, 0.15) is 66.4 Å². The van der Waals surface area contributed by atoms with Crippen LogP contribution < -0.4 is 5.32 Å². The Morgan fingerprint density at radius 3 is 2.15 bits per heavy atom. The minimum atomic E-state index is -6.02. The molecular weight excluding hydrogens is 562 g/mol. The molecular formula is C24H25F8N3O3S. The predicted octanol–water partition coefficient (Wildman–Crippen LogP) is 5.60. The molecule has 1 aromatic carbocycles. The molecule has 6 nitrogen and oxygen atoms in total. The van der Waals surface area contributed by atoms with Crippen molar-refractivity contribution in [2.75, 3.05) is 13.1 Å². The fourth-order valence-electron chi connectivity index (χ4n) is 4.07. The first kappa shape index (κ1) is 30.7. The minimum Gasteiger partial charge on any atom is -0.389 e. The molecule has 216 valence electrons. The summed E-state index contributed by atoms with van der Waals surface area (Å²) in [5.41, 5.74) is -9.41. The number of thiazole rings is 1. The molecule has 2 N–H and O–H groups in total. The number of aromatic nitrogens is 1. The Morgan fingerprint density at radius 2 is 1.67 bits per heavy atom. The van der Waals surface area contributed by atoms with Crippen LogP contribution in [0.15, 0.2) is 12.1 Å². The van der Waals surface area contributed by atoms with Crippen LogP contribution in [0.25, 0.3) is 10.4 Å². The predicted molar refractivity (Wildman–Crippen MR) is 125 cm³/mol. The first-order valence-electron chi connectivity index (χ1n) is 11.7. The SMILES string of the molecule is C[C@H]1CCCN1C(=O)c1nc(C(=O)NCC(C)(C)O)sc1-c1ccc(C(C)(C(F)(F)F)C(F)(F)F)c(F)c1F. The molecule has 39 heavy (non-hydrogen) atoms. The first-order valence-corrected chi connectivity index (χ1v) is 12.5. The summed E-state index contributed by atoms with van der Waals surface area (Å²) >= 11 is 0.404. The average molecular weight is 588 g/mol. The zero-order chi connectivity index (χ0) is 29.7. The van der Waals surface area contributed by atoms with E-state index in [1.165, 1.54) is 18.7 Å². The number of halogens is 8. The van der Waals surface area contributed by atoms with Crippen molar-refractivity contribution in [1.82, 2.24) is 15.2 Å². The summed E-state index contributed by atoms with van der Waals surface area (Å²) in [5.74, 6) is -6.13. The van der Waals surface area contributed by atoms with Gasteiger partial charge in [0.05, 0.1) is 10.5 Å². The summed E-state index contributed by atoms with van der Waals surface area (Å²) < 4.78 is 111. The number of carbonyl (C=O) groups is 2. The van der Waals surface area contributed by atoms with E-state index in [0.29, 0.717) is 30.2 Å². The number of benzene rings is 1. The molecule has 2 heterocycles. The van der Waals surface area contributed by atoms with Gasteiger partial charge in [-0.05, 0) is 40.5 Å². The number of hydrogen-bond donors (Lipinski definition) is 2. The Bertz CT molecular complexity index is 1250. The van der Waals surface area contributed by atoms with E-state index in [-0.39, 0.29) is 32.1 Å². The number of nitrogens with one attached hydrogen (secondary N) is 1. The van der Waals surface area contributed by atoms with Crippen molar-refractivity contribution in [2.24, 2.45) is 0 Å². The standard InChI is InChI=1S/C24H25F8N3O3S/c1-11-6-5-9-35(11)20(37)16-17(39-19(34-16)18(36)33-10-21(2,3)38)12-7-8-13(15(26)14(12)25)22(4,23(27,28)29)24(30,31)32/h7-8,11,38H,5-6,9-10H2,1-4H3,(H,33,36)/t11-/m0/s1. The van der Waals surface area contributed by atoms with Crippen LogP contribution in [-0.4, -0.2) is 63.9 Å². The third kappa shape index (κ3) is 5.74. The molecule has 0 saturated carbocycles. The van der Waals surface area contributed by atoms with Gasteiger partial charge >= 0.3 is 12.4 Å². The van der Waals surface area contributed by atoms with Crippen molar-refractivity contribution in [3.05, 3.63) is 40.0 Å². The van der Waals surface area contributed by atoms with E-state index in [0.717, 1.165) is 0 Å². The van der Waals surface area contributed by atoms with Crippen molar-refractivity contribution in [3.63, 3.8) is 0 Å². The summed E-state index contributed by atoms with van der Waals surface area (Å²) in [6.45, 7) is 4.23. The molecule has 0 aliphatic carbocycles. The third-order valence-corrected chi connectivity index (χ3v) is 7.61. The molecule has 1 aromatic heterocycles. The number of alkyl halides is 6. The molecule has 1 fully saturated rings. The number of amides is 2. The van der Waals surface area contributed by atoms with Gasteiger partial charge in [0.2, 0.25) is 0 Å². The molecule has 1 saturated heterocycles. The quantitative estimate of drug-likeness (QED) is 0.432. The Hall–Kier alpha value is -2.81. The number of likely N-dealkylation sites (tertiary alicyclic amines) is 1. The van der Waals surface area contributed by atoms with E-state index in [1.54, 1.807) is 6.92 Å². The molecule has 2 amide bonds. The Balaban J connectivity index is 2.19. The normalized spacial score (nSPS) is 17.1. The first-order chi connectivity index (χ1) is 17.7. The van der Waals surface area contributed by atoms with Gasteiger partial charge in [-0.3, -0.25) is 9.59 Å². The molecule has 15 heteroatoms. The zero-order valence-electron chi connectivity index (χ0n) is 21.2. The van der Waals surface area contributed by atoms with Crippen LogP contribution in [0.4, 0.5) is 35.1 Å². The van der Waals surface area contributed by atoms with Gasteiger partial charge in [-0.25, -0.2) is 13.8 Å². The molecule has 0 spiro atoms. The van der Waals surface area contributed by atoms with E-state index in [1.807, 2.05) is 0 Å². The molecule has 3 rings (SSSR count). The van der Waals surface area contributed by atoms with Crippen molar-refractivity contribution in [2.45, 2.75) is 69.9 Å². The summed E-state index contributed by atoms with van der Waals surface area (Å²) in [5, 5.41) is 11.8. The fourth-order valence-corrected chi connectivity index (χ4v) is 5.06. The number of hydrogen-bond acceptors (Lipinski definition) is 5. The van der Waals surface area contributed by atoms with E-state index < -0.39 is 73.5 Å². The Labute approximate surface area is 222 Å².